The number of rotatable bonds is 5. The lowest BCUT2D eigenvalue weighted by molar-refractivity contribution is -0.192. The first-order valence-electron chi connectivity index (χ1n) is 9.80. The number of carboxylic acids is 1. The van der Waals surface area contributed by atoms with E-state index in [1.807, 2.05) is 13.0 Å². The predicted molar refractivity (Wildman–Crippen MR) is 101 cm³/mol. The second kappa shape index (κ2) is 10.4. The second-order valence-corrected chi connectivity index (χ2v) is 7.97. The van der Waals surface area contributed by atoms with Gasteiger partial charge in [0.25, 0.3) is 0 Å². The van der Waals surface area contributed by atoms with Crippen molar-refractivity contribution in [2.45, 2.75) is 50.6 Å². The molecule has 0 aliphatic carbocycles. The lowest BCUT2D eigenvalue weighted by Gasteiger charge is -2.39. The van der Waals surface area contributed by atoms with Crippen molar-refractivity contribution in [3.8, 4) is 0 Å². The number of hydrogen-bond donors (Lipinski definition) is 1. The molecule has 0 unspecified atom stereocenters. The number of likely N-dealkylation sites (tertiary alicyclic amines) is 1. The lowest BCUT2D eigenvalue weighted by atomic mass is 9.89. The van der Waals surface area contributed by atoms with E-state index >= 15 is 0 Å². The van der Waals surface area contributed by atoms with Crippen molar-refractivity contribution >= 4 is 11.9 Å². The number of hydrogen-bond acceptors (Lipinski definition) is 7. The van der Waals surface area contributed by atoms with Crippen LogP contribution < -0.4 is 0 Å². The van der Waals surface area contributed by atoms with E-state index in [9.17, 15) is 18.0 Å². The van der Waals surface area contributed by atoms with Gasteiger partial charge in [-0.3, -0.25) is 9.69 Å². The van der Waals surface area contributed by atoms with Gasteiger partial charge in [-0.25, -0.2) is 4.79 Å². The van der Waals surface area contributed by atoms with Gasteiger partial charge in [0.2, 0.25) is 5.91 Å². The quantitative estimate of drug-likeness (QED) is 0.723. The van der Waals surface area contributed by atoms with E-state index in [0.717, 1.165) is 50.4 Å². The molecule has 2 aliphatic heterocycles. The van der Waals surface area contributed by atoms with E-state index in [2.05, 4.69) is 10.1 Å². The number of likely N-dealkylation sites (N-methyl/N-ethyl adjacent to an activating group) is 1. The Bertz CT molecular complexity index is 754. The van der Waals surface area contributed by atoms with Crippen molar-refractivity contribution in [3.05, 3.63) is 17.5 Å². The minimum absolute atomic E-state index is 0.00291. The molecule has 3 heterocycles. The summed E-state index contributed by atoms with van der Waals surface area (Å²) in [6.45, 7) is 5.30. The van der Waals surface area contributed by atoms with Crippen molar-refractivity contribution in [3.63, 3.8) is 0 Å². The number of aryl methyl sites for hydroxylation is 1. The fourth-order valence-electron chi connectivity index (χ4n) is 3.56. The summed E-state index contributed by atoms with van der Waals surface area (Å²) in [4.78, 5) is 24.5. The summed E-state index contributed by atoms with van der Waals surface area (Å²) in [5.41, 5.74) is 0.815. The first kappa shape index (κ1) is 25.1. The van der Waals surface area contributed by atoms with Crippen LogP contribution in [0, 0.1) is 6.92 Å². The van der Waals surface area contributed by atoms with Gasteiger partial charge in [0.15, 0.2) is 0 Å². The Morgan fingerprint density at radius 3 is 2.65 bits per heavy atom. The zero-order chi connectivity index (χ0) is 23.2. The summed E-state index contributed by atoms with van der Waals surface area (Å²) in [6, 6.07) is 1.98. The van der Waals surface area contributed by atoms with Crippen LogP contribution >= 0.6 is 0 Å². The summed E-state index contributed by atoms with van der Waals surface area (Å²) in [6.07, 6.45) is -2.09. The maximum atomic E-state index is 11.7. The first-order chi connectivity index (χ1) is 14.4. The molecule has 31 heavy (non-hydrogen) atoms. The molecule has 3 rings (SSSR count). The van der Waals surface area contributed by atoms with Crippen LogP contribution in [0.3, 0.4) is 0 Å². The molecule has 1 N–H and O–H groups in total. The molecule has 2 atom stereocenters. The first-order valence-corrected chi connectivity index (χ1v) is 9.80. The molecule has 1 aromatic heterocycles. The van der Waals surface area contributed by atoms with Gasteiger partial charge >= 0.3 is 12.1 Å². The number of ether oxygens (including phenoxy) is 2. The second-order valence-electron chi connectivity index (χ2n) is 7.97. The molecular formula is C19H28F3N3O6. The number of carbonyl (C=O) groups is 2. The van der Waals surface area contributed by atoms with Crippen LogP contribution in [0.15, 0.2) is 10.6 Å². The topological polar surface area (TPSA) is 105 Å². The average Bonchev–Trinajstić information content (AvgIpc) is 3.25. The number of carbonyl (C=O) groups excluding carboxylic acids is 1. The molecule has 0 saturated carbocycles. The Kier molecular flexibility index (Phi) is 8.43. The minimum atomic E-state index is -5.08. The third-order valence-corrected chi connectivity index (χ3v) is 5.04. The van der Waals surface area contributed by atoms with Gasteiger partial charge < -0.3 is 24.0 Å². The van der Waals surface area contributed by atoms with Crippen LogP contribution in [0.1, 0.15) is 30.7 Å². The molecule has 2 fully saturated rings. The van der Waals surface area contributed by atoms with E-state index in [0.29, 0.717) is 6.61 Å². The fourth-order valence-corrected chi connectivity index (χ4v) is 3.56. The van der Waals surface area contributed by atoms with Crippen molar-refractivity contribution in [1.82, 2.24) is 15.0 Å². The molecule has 12 heteroatoms. The van der Waals surface area contributed by atoms with Gasteiger partial charge in [-0.05, 0) is 26.3 Å². The number of aromatic nitrogens is 1. The molecule has 0 aromatic carbocycles. The number of nitrogens with zero attached hydrogens (tertiary/aromatic N) is 3. The zero-order valence-corrected chi connectivity index (χ0v) is 17.8. The van der Waals surface area contributed by atoms with E-state index in [1.165, 1.54) is 0 Å². The van der Waals surface area contributed by atoms with Crippen LogP contribution in [0.5, 0.6) is 0 Å². The Morgan fingerprint density at radius 2 is 2.10 bits per heavy atom. The molecule has 1 aromatic rings. The normalized spacial score (nSPS) is 24.0. The Balaban J connectivity index is 0.000000423. The molecule has 2 aliphatic rings. The van der Waals surface area contributed by atoms with E-state index in [-0.39, 0.29) is 24.2 Å². The van der Waals surface area contributed by atoms with Crippen molar-refractivity contribution < 1.29 is 41.9 Å². The monoisotopic (exact) mass is 451 g/mol. The third kappa shape index (κ3) is 7.78. The Morgan fingerprint density at radius 1 is 1.42 bits per heavy atom. The van der Waals surface area contributed by atoms with Gasteiger partial charge in [-0.1, -0.05) is 5.16 Å². The number of alkyl halides is 3. The van der Waals surface area contributed by atoms with E-state index in [4.69, 9.17) is 23.9 Å². The van der Waals surface area contributed by atoms with Crippen LogP contribution in [-0.4, -0.2) is 90.2 Å². The molecule has 1 amide bonds. The number of aliphatic carboxylic acids is 1. The standard InChI is InChI=1S/C17H27N3O4.C2HF3O2/c1-13-7-14(18-24-13)9-20-6-4-5-17(12-20)8-15(10-23-17)22-11-16(21)19(2)3;3-2(4,5)1(6)7/h7,15H,4-6,8-12H2,1-3H3;(H,6,7)/t15-,17-;/m0./s1. The lowest BCUT2D eigenvalue weighted by Crippen LogP contribution is -2.47. The highest BCUT2D eigenvalue weighted by atomic mass is 19.4. The highest BCUT2D eigenvalue weighted by Crippen LogP contribution is 2.36. The largest absolute Gasteiger partial charge is 0.490 e. The average molecular weight is 451 g/mol. The van der Waals surface area contributed by atoms with Crippen LogP contribution in [0.2, 0.25) is 0 Å². The van der Waals surface area contributed by atoms with E-state index in [1.54, 1.807) is 19.0 Å². The number of carboxylic acid groups (broad SMARTS) is 1. The van der Waals surface area contributed by atoms with Crippen molar-refractivity contribution in [2.75, 3.05) is 40.4 Å². The van der Waals surface area contributed by atoms with Crippen molar-refractivity contribution in [2.24, 2.45) is 0 Å². The molecule has 2 saturated heterocycles. The van der Waals surface area contributed by atoms with E-state index < -0.39 is 12.1 Å². The predicted octanol–water partition coefficient (Wildman–Crippen LogP) is 1.84. The Labute approximate surface area is 178 Å². The maximum absolute atomic E-state index is 11.7. The number of halogens is 3. The molecule has 9 nitrogen and oxygen atoms in total. The Hall–Kier alpha value is -2.18. The summed E-state index contributed by atoms with van der Waals surface area (Å²) >= 11 is 0. The molecule has 0 radical (unpaired) electrons. The zero-order valence-electron chi connectivity index (χ0n) is 17.8. The molecular weight excluding hydrogens is 423 g/mol. The van der Waals surface area contributed by atoms with Gasteiger partial charge in [0.1, 0.15) is 12.4 Å². The van der Waals surface area contributed by atoms with Crippen molar-refractivity contribution in [1.29, 1.82) is 0 Å². The van der Waals surface area contributed by atoms with Gasteiger partial charge in [-0.15, -0.1) is 0 Å². The summed E-state index contributed by atoms with van der Waals surface area (Å²) in [5, 5.41) is 11.2. The summed E-state index contributed by atoms with van der Waals surface area (Å²) in [5.74, 6) is -1.93. The van der Waals surface area contributed by atoms with Crippen LogP contribution in [-0.2, 0) is 25.6 Å². The molecule has 176 valence electrons. The summed E-state index contributed by atoms with van der Waals surface area (Å²) < 4.78 is 48.8. The van der Waals surface area contributed by atoms with Gasteiger partial charge in [-0.2, -0.15) is 13.2 Å². The summed E-state index contributed by atoms with van der Waals surface area (Å²) in [7, 11) is 3.48. The van der Waals surface area contributed by atoms with Crippen LogP contribution in [0.25, 0.3) is 0 Å². The molecule has 1 spiro atoms. The van der Waals surface area contributed by atoms with Gasteiger partial charge in [0, 0.05) is 39.7 Å². The maximum Gasteiger partial charge on any atom is 0.490 e. The number of amides is 1. The van der Waals surface area contributed by atoms with Crippen LogP contribution in [0.4, 0.5) is 13.2 Å². The third-order valence-electron chi connectivity index (χ3n) is 5.04. The smallest absolute Gasteiger partial charge is 0.475 e. The van der Waals surface area contributed by atoms with Gasteiger partial charge in [0.05, 0.1) is 24.0 Å². The fraction of sp³-hybridized carbons (Fsp3) is 0.737. The number of piperidine rings is 1. The molecule has 0 bridgehead atoms. The highest BCUT2D eigenvalue weighted by molar-refractivity contribution is 5.76. The minimum Gasteiger partial charge on any atom is -0.475 e. The highest BCUT2D eigenvalue weighted by Gasteiger charge is 2.44. The SMILES string of the molecule is Cc1cc(CN2CCC[C@]3(C[C@H](OCC(=O)N(C)C)CO3)C2)no1.O=C(O)C(F)(F)F.